The summed E-state index contributed by atoms with van der Waals surface area (Å²) >= 11 is 1.39. The minimum Gasteiger partial charge on any atom is -0.482 e. The number of carbonyl (C=O) groups excluding carboxylic acids is 1. The molecule has 0 radical (unpaired) electrons. The van der Waals surface area contributed by atoms with Gasteiger partial charge >= 0.3 is 5.97 Å². The Bertz CT molecular complexity index is 783. The summed E-state index contributed by atoms with van der Waals surface area (Å²) in [4.78, 5) is 28.3. The smallest absolute Gasteiger partial charge is 0.341 e. The number of aliphatic carboxylic acids is 1. The molecule has 7 heteroatoms. The van der Waals surface area contributed by atoms with Crippen LogP contribution in [0.5, 0.6) is 5.75 Å². The van der Waals surface area contributed by atoms with E-state index in [4.69, 9.17) is 9.84 Å². The molecular weight excluding hydrogens is 340 g/mol. The first-order chi connectivity index (χ1) is 11.8. The lowest BCUT2D eigenvalue weighted by Gasteiger charge is -2.11. The monoisotopic (exact) mass is 362 g/mol. The van der Waals surface area contributed by atoms with Crippen LogP contribution in [0.25, 0.3) is 0 Å². The lowest BCUT2D eigenvalue weighted by molar-refractivity contribution is -0.139. The molecule has 0 saturated carbocycles. The van der Waals surface area contributed by atoms with E-state index >= 15 is 0 Å². The number of anilines is 1. The Labute approximate surface area is 150 Å². The minimum atomic E-state index is -1.03. The third-order valence-corrected chi connectivity index (χ3v) is 4.43. The highest BCUT2D eigenvalue weighted by atomic mass is 32.1. The van der Waals surface area contributed by atoms with Gasteiger partial charge in [-0.15, -0.1) is 11.3 Å². The second-order valence-corrected chi connectivity index (χ2v) is 7.42. The van der Waals surface area contributed by atoms with Crippen molar-refractivity contribution in [3.63, 3.8) is 0 Å². The van der Waals surface area contributed by atoms with Gasteiger partial charge in [-0.05, 0) is 49.9 Å². The summed E-state index contributed by atoms with van der Waals surface area (Å²) in [5.41, 5.74) is 2.28. The summed E-state index contributed by atoms with van der Waals surface area (Å²) in [7, 11) is 0. The molecule has 0 spiro atoms. The van der Waals surface area contributed by atoms with Crippen LogP contribution in [0.4, 0.5) is 5.69 Å². The third-order valence-electron chi connectivity index (χ3n) is 3.42. The van der Waals surface area contributed by atoms with Gasteiger partial charge in [0.05, 0.1) is 10.7 Å². The SMILES string of the molecule is Cc1nc(CC(C)C)c(C(=O)Nc2ccc(OCC(=O)O)cc2C)s1. The number of rotatable bonds is 7. The Hall–Kier alpha value is -2.41. The highest BCUT2D eigenvalue weighted by Gasteiger charge is 2.18. The molecule has 0 unspecified atom stereocenters. The number of nitrogens with zero attached hydrogens (tertiary/aromatic N) is 1. The molecule has 6 nitrogen and oxygen atoms in total. The van der Waals surface area contributed by atoms with E-state index in [1.54, 1.807) is 18.2 Å². The first-order valence-electron chi connectivity index (χ1n) is 7.99. The van der Waals surface area contributed by atoms with Gasteiger partial charge in [0, 0.05) is 5.69 Å². The topological polar surface area (TPSA) is 88.5 Å². The Morgan fingerprint density at radius 1 is 1.32 bits per heavy atom. The van der Waals surface area contributed by atoms with Crippen molar-refractivity contribution in [2.24, 2.45) is 5.92 Å². The zero-order chi connectivity index (χ0) is 18.6. The zero-order valence-corrected chi connectivity index (χ0v) is 15.6. The number of hydrogen-bond acceptors (Lipinski definition) is 5. The van der Waals surface area contributed by atoms with Gasteiger partial charge in [0.2, 0.25) is 0 Å². The number of aryl methyl sites for hydroxylation is 2. The van der Waals surface area contributed by atoms with Crippen molar-refractivity contribution in [1.29, 1.82) is 0 Å². The molecule has 0 aliphatic rings. The lowest BCUT2D eigenvalue weighted by atomic mass is 10.1. The van der Waals surface area contributed by atoms with E-state index in [1.807, 2.05) is 13.8 Å². The summed E-state index contributed by atoms with van der Waals surface area (Å²) in [6.07, 6.45) is 0.758. The quantitative estimate of drug-likeness (QED) is 0.784. The number of thiazole rings is 1. The van der Waals surface area contributed by atoms with Crippen LogP contribution in [-0.2, 0) is 11.2 Å². The number of hydrogen-bond donors (Lipinski definition) is 2. The van der Waals surface area contributed by atoms with E-state index in [-0.39, 0.29) is 5.91 Å². The maximum Gasteiger partial charge on any atom is 0.341 e. The number of carboxylic acids is 1. The number of carboxylic acid groups (broad SMARTS) is 1. The normalized spacial score (nSPS) is 10.8. The summed E-state index contributed by atoms with van der Waals surface area (Å²) in [6, 6.07) is 5.05. The van der Waals surface area contributed by atoms with Gasteiger partial charge in [0.1, 0.15) is 10.6 Å². The van der Waals surface area contributed by atoms with E-state index in [2.05, 4.69) is 24.1 Å². The number of benzene rings is 1. The fraction of sp³-hybridized carbons (Fsp3) is 0.389. The maximum absolute atomic E-state index is 12.6. The van der Waals surface area contributed by atoms with Crippen LogP contribution < -0.4 is 10.1 Å². The highest BCUT2D eigenvalue weighted by Crippen LogP contribution is 2.25. The molecule has 0 bridgehead atoms. The van der Waals surface area contributed by atoms with Gasteiger partial charge in [-0.3, -0.25) is 4.79 Å². The van der Waals surface area contributed by atoms with Crippen LogP contribution >= 0.6 is 11.3 Å². The van der Waals surface area contributed by atoms with Crippen LogP contribution in [0, 0.1) is 19.8 Å². The summed E-state index contributed by atoms with van der Waals surface area (Å²) in [5.74, 6) is -0.343. The molecule has 1 aromatic heterocycles. The molecule has 2 aromatic rings. The van der Waals surface area contributed by atoms with E-state index in [0.717, 1.165) is 22.7 Å². The number of aromatic nitrogens is 1. The highest BCUT2D eigenvalue weighted by molar-refractivity contribution is 7.13. The van der Waals surface area contributed by atoms with Crippen LogP contribution in [0.2, 0.25) is 0 Å². The summed E-state index contributed by atoms with van der Waals surface area (Å²) < 4.78 is 5.14. The largest absolute Gasteiger partial charge is 0.482 e. The predicted molar refractivity (Wildman–Crippen MR) is 97.7 cm³/mol. The molecular formula is C18H22N2O4S. The van der Waals surface area contributed by atoms with Crippen molar-refractivity contribution in [2.75, 3.05) is 11.9 Å². The number of carbonyl (C=O) groups is 2. The molecule has 2 N–H and O–H groups in total. The van der Waals surface area contributed by atoms with Crippen molar-refractivity contribution >= 4 is 28.9 Å². The minimum absolute atomic E-state index is 0.177. The van der Waals surface area contributed by atoms with E-state index < -0.39 is 12.6 Å². The van der Waals surface area contributed by atoms with E-state index in [9.17, 15) is 9.59 Å². The van der Waals surface area contributed by atoms with Crippen molar-refractivity contribution in [1.82, 2.24) is 4.98 Å². The van der Waals surface area contributed by atoms with Crippen molar-refractivity contribution in [3.05, 3.63) is 39.3 Å². The van der Waals surface area contributed by atoms with Crippen LogP contribution in [0.3, 0.4) is 0 Å². The van der Waals surface area contributed by atoms with E-state index in [0.29, 0.717) is 22.2 Å². The van der Waals surface area contributed by atoms with Gasteiger partial charge in [-0.1, -0.05) is 13.8 Å². The van der Waals surface area contributed by atoms with Crippen molar-refractivity contribution in [2.45, 2.75) is 34.1 Å². The third kappa shape index (κ3) is 5.29. The number of ether oxygens (including phenoxy) is 1. The fourth-order valence-corrected chi connectivity index (χ4v) is 3.20. The van der Waals surface area contributed by atoms with E-state index in [1.165, 1.54) is 11.3 Å². The van der Waals surface area contributed by atoms with Gasteiger partial charge < -0.3 is 15.2 Å². The first-order valence-corrected chi connectivity index (χ1v) is 8.80. The van der Waals surface area contributed by atoms with Gasteiger partial charge in [-0.25, -0.2) is 9.78 Å². The van der Waals surface area contributed by atoms with Gasteiger partial charge in [0.15, 0.2) is 6.61 Å². The second-order valence-electron chi connectivity index (χ2n) is 6.22. The van der Waals surface area contributed by atoms with Crippen molar-refractivity contribution < 1.29 is 19.4 Å². The molecule has 1 amide bonds. The Morgan fingerprint density at radius 2 is 2.04 bits per heavy atom. The standard InChI is InChI=1S/C18H22N2O4S/c1-10(2)7-15-17(25-12(4)19-15)18(23)20-14-6-5-13(8-11(14)3)24-9-16(21)22/h5-6,8,10H,7,9H2,1-4H3,(H,20,23)(H,21,22). The Morgan fingerprint density at radius 3 is 2.64 bits per heavy atom. The number of nitrogens with one attached hydrogen (secondary N) is 1. The number of amides is 1. The average Bonchev–Trinajstić information content (AvgIpc) is 2.87. The Kier molecular flexibility index (Phi) is 6.14. The molecule has 25 heavy (non-hydrogen) atoms. The molecule has 134 valence electrons. The molecule has 0 atom stereocenters. The average molecular weight is 362 g/mol. The molecule has 0 fully saturated rings. The first kappa shape index (κ1) is 18.9. The molecule has 1 aromatic carbocycles. The van der Waals surface area contributed by atoms with Crippen molar-refractivity contribution in [3.8, 4) is 5.75 Å². The van der Waals surface area contributed by atoms with Crippen LogP contribution in [0.1, 0.15) is 39.8 Å². The fourth-order valence-electron chi connectivity index (χ4n) is 2.36. The Balaban J connectivity index is 2.14. The summed E-state index contributed by atoms with van der Waals surface area (Å²) in [5, 5.41) is 12.4. The molecule has 2 rings (SSSR count). The molecule has 1 heterocycles. The van der Waals surface area contributed by atoms with Crippen LogP contribution in [-0.4, -0.2) is 28.6 Å². The van der Waals surface area contributed by atoms with Gasteiger partial charge in [0.25, 0.3) is 5.91 Å². The lowest BCUT2D eigenvalue weighted by Crippen LogP contribution is -2.14. The molecule has 0 aliphatic heterocycles. The predicted octanol–water partition coefficient (Wildman–Crippen LogP) is 3.67. The summed E-state index contributed by atoms with van der Waals surface area (Å²) in [6.45, 7) is 7.51. The zero-order valence-electron chi connectivity index (χ0n) is 14.8. The van der Waals surface area contributed by atoms with Crippen LogP contribution in [0.15, 0.2) is 18.2 Å². The molecule has 0 aliphatic carbocycles. The second kappa shape index (κ2) is 8.11. The maximum atomic E-state index is 12.6. The molecule has 0 saturated heterocycles. The van der Waals surface area contributed by atoms with Gasteiger partial charge in [-0.2, -0.15) is 0 Å².